The number of rotatable bonds is 6. The van der Waals surface area contributed by atoms with E-state index in [0.29, 0.717) is 6.04 Å². The van der Waals surface area contributed by atoms with Crippen LogP contribution < -0.4 is 5.32 Å². The van der Waals surface area contributed by atoms with Gasteiger partial charge in [0, 0.05) is 37.9 Å². The summed E-state index contributed by atoms with van der Waals surface area (Å²) in [6.45, 7) is 5.15. The van der Waals surface area contributed by atoms with Crippen molar-refractivity contribution in [2.24, 2.45) is 0 Å². The van der Waals surface area contributed by atoms with Gasteiger partial charge in [0.25, 0.3) is 0 Å². The predicted molar refractivity (Wildman–Crippen MR) is 86.4 cm³/mol. The minimum absolute atomic E-state index is 0.266. The first-order valence-corrected chi connectivity index (χ1v) is 9.06. The summed E-state index contributed by atoms with van der Waals surface area (Å²) in [6, 6.07) is 11.1. The molecule has 1 heterocycles. The molecular weight excluding hydrogens is 274 g/mol. The maximum Gasteiger partial charge on any atom is 0.0386 e. The highest BCUT2D eigenvalue weighted by molar-refractivity contribution is 7.84. The topological polar surface area (TPSA) is 29.1 Å². The Kier molecular flexibility index (Phi) is 5.13. The van der Waals surface area contributed by atoms with E-state index in [2.05, 4.69) is 42.6 Å². The van der Waals surface area contributed by atoms with Gasteiger partial charge in [0.15, 0.2) is 0 Å². The molecule has 0 aliphatic carbocycles. The van der Waals surface area contributed by atoms with E-state index in [0.717, 1.165) is 13.0 Å². The van der Waals surface area contributed by atoms with Crippen molar-refractivity contribution < 1.29 is 4.21 Å². The minimum Gasteiger partial charge on any atom is -0.309 e. The van der Waals surface area contributed by atoms with Gasteiger partial charge in [-0.1, -0.05) is 25.1 Å². The van der Waals surface area contributed by atoms with Gasteiger partial charge in [0.05, 0.1) is 0 Å². The molecule has 0 aliphatic rings. The zero-order valence-corrected chi connectivity index (χ0v) is 13.3. The minimum atomic E-state index is -0.719. The number of hydrogen-bond donors (Lipinski definition) is 1. The molecule has 1 aromatic carbocycles. The van der Waals surface area contributed by atoms with E-state index in [4.69, 9.17) is 0 Å². The van der Waals surface area contributed by atoms with Crippen LogP contribution in [0.3, 0.4) is 0 Å². The van der Waals surface area contributed by atoms with Crippen LogP contribution in [0, 0.1) is 0 Å². The Bertz CT molecular complexity index is 531. The normalized spacial score (nSPS) is 16.4. The molecule has 2 aromatic rings. The number of thiophene rings is 1. The molecular formula is C15H21NOS2. The number of hydrogen-bond acceptors (Lipinski definition) is 3. The molecule has 0 saturated heterocycles. The molecule has 0 amide bonds. The molecule has 0 spiro atoms. The first kappa shape index (κ1) is 14.7. The van der Waals surface area contributed by atoms with Gasteiger partial charge >= 0.3 is 0 Å². The maximum absolute atomic E-state index is 11.3. The van der Waals surface area contributed by atoms with Crippen LogP contribution in [0.25, 0.3) is 10.1 Å². The molecule has 4 heteroatoms. The monoisotopic (exact) mass is 295 g/mol. The van der Waals surface area contributed by atoms with Crippen molar-refractivity contribution in [1.29, 1.82) is 0 Å². The van der Waals surface area contributed by atoms with Crippen LogP contribution in [0.4, 0.5) is 0 Å². The molecule has 1 aromatic heterocycles. The van der Waals surface area contributed by atoms with Gasteiger partial charge < -0.3 is 5.32 Å². The third kappa shape index (κ3) is 3.88. The Labute approximate surface area is 121 Å². The van der Waals surface area contributed by atoms with E-state index in [1.807, 2.05) is 18.3 Å². The van der Waals surface area contributed by atoms with Crippen LogP contribution in [-0.2, 0) is 10.8 Å². The van der Waals surface area contributed by atoms with Gasteiger partial charge in [-0.05, 0) is 37.4 Å². The number of benzene rings is 1. The molecule has 104 valence electrons. The summed E-state index contributed by atoms with van der Waals surface area (Å²) in [5.41, 5.74) is 0. The molecule has 2 rings (SSSR count). The summed E-state index contributed by atoms with van der Waals surface area (Å²) in [5, 5.41) is 5.11. The lowest BCUT2D eigenvalue weighted by Crippen LogP contribution is -2.23. The highest BCUT2D eigenvalue weighted by Gasteiger charge is 2.10. The molecule has 0 aliphatic heterocycles. The Morgan fingerprint density at radius 3 is 2.74 bits per heavy atom. The van der Waals surface area contributed by atoms with E-state index in [1.54, 1.807) is 6.26 Å². The van der Waals surface area contributed by atoms with Gasteiger partial charge in [0.1, 0.15) is 0 Å². The molecule has 0 radical (unpaired) electrons. The fraction of sp³-hybridized carbons (Fsp3) is 0.467. The zero-order valence-electron chi connectivity index (χ0n) is 11.7. The average Bonchev–Trinajstić information content (AvgIpc) is 2.82. The van der Waals surface area contributed by atoms with Crippen molar-refractivity contribution in [2.45, 2.75) is 31.6 Å². The summed E-state index contributed by atoms with van der Waals surface area (Å²) < 4.78 is 12.6. The van der Waals surface area contributed by atoms with Crippen molar-refractivity contribution in [2.75, 3.05) is 12.8 Å². The average molecular weight is 295 g/mol. The third-order valence-electron chi connectivity index (χ3n) is 3.44. The van der Waals surface area contributed by atoms with Crippen LogP contribution in [0.2, 0.25) is 0 Å². The fourth-order valence-corrected chi connectivity index (χ4v) is 3.53. The summed E-state index contributed by atoms with van der Waals surface area (Å²) in [7, 11) is -0.719. The van der Waals surface area contributed by atoms with E-state index in [1.165, 1.54) is 15.0 Å². The van der Waals surface area contributed by atoms with Crippen molar-refractivity contribution in [3.63, 3.8) is 0 Å². The van der Waals surface area contributed by atoms with Crippen LogP contribution in [-0.4, -0.2) is 22.3 Å². The van der Waals surface area contributed by atoms with Gasteiger partial charge in [0.2, 0.25) is 0 Å². The fourth-order valence-electron chi connectivity index (χ4n) is 1.99. The summed E-state index contributed by atoms with van der Waals surface area (Å²) in [5.74, 6) is 0. The Balaban J connectivity index is 1.92. The van der Waals surface area contributed by atoms with Gasteiger partial charge in [-0.15, -0.1) is 11.3 Å². The number of nitrogens with one attached hydrogen (secondary N) is 1. The molecule has 0 saturated carbocycles. The smallest absolute Gasteiger partial charge is 0.0386 e. The SMILES string of the molecule is C[C@H](NCC[C@H](C)[S@](C)=O)c1cc2ccccc2s1. The number of fused-ring (bicyclic) bond motifs is 1. The zero-order chi connectivity index (χ0) is 13.8. The molecule has 0 fully saturated rings. The molecule has 1 N–H and O–H groups in total. The van der Waals surface area contributed by atoms with Gasteiger partial charge in [-0.25, -0.2) is 0 Å². The Morgan fingerprint density at radius 2 is 2.05 bits per heavy atom. The van der Waals surface area contributed by atoms with Gasteiger partial charge in [-0.2, -0.15) is 0 Å². The lowest BCUT2D eigenvalue weighted by Gasteiger charge is -2.14. The van der Waals surface area contributed by atoms with Gasteiger partial charge in [-0.3, -0.25) is 4.21 Å². The molecule has 3 atom stereocenters. The standard InChI is InChI=1S/C15H21NOS2/c1-11(19(3)17)8-9-16-12(2)15-10-13-6-4-5-7-14(13)18-15/h4-7,10-12,16H,8-9H2,1-3H3/t11-,12-,19-/m0/s1. The molecule has 2 nitrogen and oxygen atoms in total. The van der Waals surface area contributed by atoms with Crippen molar-refractivity contribution >= 4 is 32.2 Å². The van der Waals surface area contributed by atoms with E-state index in [9.17, 15) is 4.21 Å². The second-order valence-electron chi connectivity index (χ2n) is 4.96. The highest BCUT2D eigenvalue weighted by atomic mass is 32.2. The maximum atomic E-state index is 11.3. The third-order valence-corrected chi connectivity index (χ3v) is 6.11. The van der Waals surface area contributed by atoms with Crippen molar-refractivity contribution in [3.05, 3.63) is 35.2 Å². The molecule has 19 heavy (non-hydrogen) atoms. The van der Waals surface area contributed by atoms with Crippen LogP contribution in [0.5, 0.6) is 0 Å². The second-order valence-corrected chi connectivity index (χ2v) is 7.88. The van der Waals surface area contributed by atoms with E-state index < -0.39 is 10.8 Å². The van der Waals surface area contributed by atoms with Crippen molar-refractivity contribution in [3.8, 4) is 0 Å². The van der Waals surface area contributed by atoms with Crippen LogP contribution in [0.1, 0.15) is 31.2 Å². The Morgan fingerprint density at radius 1 is 1.32 bits per heavy atom. The molecule has 0 unspecified atom stereocenters. The summed E-state index contributed by atoms with van der Waals surface area (Å²) in [4.78, 5) is 1.37. The Hall–Kier alpha value is -0.710. The predicted octanol–water partition coefficient (Wildman–Crippen LogP) is 3.71. The second kappa shape index (κ2) is 6.64. The first-order valence-electron chi connectivity index (χ1n) is 6.62. The largest absolute Gasteiger partial charge is 0.309 e. The van der Waals surface area contributed by atoms with Crippen LogP contribution in [0.15, 0.2) is 30.3 Å². The van der Waals surface area contributed by atoms with E-state index >= 15 is 0 Å². The first-order chi connectivity index (χ1) is 9.08. The lowest BCUT2D eigenvalue weighted by atomic mass is 10.2. The van der Waals surface area contributed by atoms with E-state index in [-0.39, 0.29) is 5.25 Å². The highest BCUT2D eigenvalue weighted by Crippen LogP contribution is 2.29. The van der Waals surface area contributed by atoms with Crippen molar-refractivity contribution in [1.82, 2.24) is 5.32 Å². The van der Waals surface area contributed by atoms with Crippen LogP contribution >= 0.6 is 11.3 Å². The summed E-state index contributed by atoms with van der Waals surface area (Å²) >= 11 is 1.85. The lowest BCUT2D eigenvalue weighted by molar-refractivity contribution is 0.560. The summed E-state index contributed by atoms with van der Waals surface area (Å²) in [6.07, 6.45) is 2.73. The quantitative estimate of drug-likeness (QED) is 0.880. The molecule has 0 bridgehead atoms.